The van der Waals surface area contributed by atoms with Gasteiger partial charge < -0.3 is 14.5 Å². The molecule has 6 heteroatoms. The predicted molar refractivity (Wildman–Crippen MR) is 103 cm³/mol. The summed E-state index contributed by atoms with van der Waals surface area (Å²) in [6.07, 6.45) is 2.57. The summed E-state index contributed by atoms with van der Waals surface area (Å²) >= 11 is 0. The van der Waals surface area contributed by atoms with Crippen LogP contribution in [-0.2, 0) is 11.3 Å². The van der Waals surface area contributed by atoms with E-state index in [9.17, 15) is 9.18 Å². The zero-order valence-electron chi connectivity index (χ0n) is 15.6. The number of nitriles is 1. The lowest BCUT2D eigenvalue weighted by Gasteiger charge is -2.38. The monoisotopic (exact) mass is 379 g/mol. The molecule has 0 spiro atoms. The van der Waals surface area contributed by atoms with Crippen LogP contribution in [0, 0.1) is 17.1 Å². The molecule has 2 aromatic rings. The molecule has 0 radical (unpaired) electrons. The fraction of sp³-hybridized carbons (Fsp3) is 0.364. The number of rotatable bonds is 3. The molecule has 1 amide bonds. The van der Waals surface area contributed by atoms with Crippen molar-refractivity contribution in [3.05, 3.63) is 59.4 Å². The van der Waals surface area contributed by atoms with E-state index in [2.05, 4.69) is 6.07 Å². The van der Waals surface area contributed by atoms with Crippen molar-refractivity contribution in [1.82, 2.24) is 4.90 Å². The molecule has 1 atom stereocenters. The first-order valence-electron chi connectivity index (χ1n) is 9.63. The fourth-order valence-corrected chi connectivity index (χ4v) is 3.87. The van der Waals surface area contributed by atoms with Crippen molar-refractivity contribution in [2.75, 3.05) is 24.5 Å². The Morgan fingerprint density at radius 3 is 2.75 bits per heavy atom. The van der Waals surface area contributed by atoms with Crippen molar-refractivity contribution in [2.45, 2.75) is 31.9 Å². The van der Waals surface area contributed by atoms with Crippen LogP contribution in [0.15, 0.2) is 42.5 Å². The van der Waals surface area contributed by atoms with E-state index < -0.39 is 6.10 Å². The average molecular weight is 379 g/mol. The minimum absolute atomic E-state index is 0.00884. The highest BCUT2D eigenvalue weighted by Crippen LogP contribution is 2.35. The molecule has 144 valence electrons. The van der Waals surface area contributed by atoms with Crippen LogP contribution in [-0.4, -0.2) is 36.5 Å². The molecule has 4 rings (SSSR count). The number of anilines is 1. The number of halogens is 1. The number of hydrogen-bond acceptors (Lipinski definition) is 4. The molecule has 2 heterocycles. The van der Waals surface area contributed by atoms with Crippen LogP contribution >= 0.6 is 0 Å². The molecule has 0 aliphatic carbocycles. The second-order valence-corrected chi connectivity index (χ2v) is 7.26. The lowest BCUT2D eigenvalue weighted by atomic mass is 10.1. The Morgan fingerprint density at radius 2 is 1.96 bits per heavy atom. The van der Waals surface area contributed by atoms with Crippen LogP contribution in [0.5, 0.6) is 5.75 Å². The molecule has 2 aromatic carbocycles. The molecule has 0 aromatic heterocycles. The molecule has 28 heavy (non-hydrogen) atoms. The highest BCUT2D eigenvalue weighted by molar-refractivity contribution is 5.83. The Balaban J connectivity index is 1.61. The summed E-state index contributed by atoms with van der Waals surface area (Å²) < 4.78 is 20.4. The first kappa shape index (κ1) is 18.3. The summed E-state index contributed by atoms with van der Waals surface area (Å²) in [6, 6.07) is 13.9. The van der Waals surface area contributed by atoms with E-state index in [1.807, 2.05) is 34.1 Å². The Morgan fingerprint density at radius 1 is 1.18 bits per heavy atom. The normalized spacial score (nSPS) is 18.8. The van der Waals surface area contributed by atoms with Gasteiger partial charge in [-0.05, 0) is 49.6 Å². The van der Waals surface area contributed by atoms with Crippen molar-refractivity contribution < 1.29 is 13.9 Å². The van der Waals surface area contributed by atoms with Crippen LogP contribution in [0.2, 0.25) is 0 Å². The zero-order valence-corrected chi connectivity index (χ0v) is 15.6. The summed E-state index contributed by atoms with van der Waals surface area (Å²) in [5.41, 5.74) is 1.67. The maximum absolute atomic E-state index is 14.3. The summed E-state index contributed by atoms with van der Waals surface area (Å²) in [5, 5.41) is 9.12. The van der Waals surface area contributed by atoms with E-state index in [4.69, 9.17) is 10.00 Å². The number of benzene rings is 2. The lowest BCUT2D eigenvalue weighted by molar-refractivity contribution is -0.139. The molecule has 0 bridgehead atoms. The van der Waals surface area contributed by atoms with E-state index in [-0.39, 0.29) is 18.3 Å². The molecule has 1 unspecified atom stereocenters. The highest BCUT2D eigenvalue weighted by Gasteiger charge is 2.34. The van der Waals surface area contributed by atoms with Gasteiger partial charge in [-0.25, -0.2) is 4.39 Å². The van der Waals surface area contributed by atoms with Gasteiger partial charge in [-0.15, -0.1) is 0 Å². The largest absolute Gasteiger partial charge is 0.477 e. The average Bonchev–Trinajstić information content (AvgIpc) is 2.75. The lowest BCUT2D eigenvalue weighted by Crippen LogP contribution is -2.51. The number of nitrogens with zero attached hydrogens (tertiary/aromatic N) is 3. The van der Waals surface area contributed by atoms with Gasteiger partial charge in [0.1, 0.15) is 11.6 Å². The first-order valence-corrected chi connectivity index (χ1v) is 9.63. The number of carbonyl (C=O) groups excluding carboxylic acids is 1. The summed E-state index contributed by atoms with van der Waals surface area (Å²) in [6.45, 7) is 2.15. The number of likely N-dealkylation sites (tertiary alicyclic amines) is 1. The van der Waals surface area contributed by atoms with Crippen molar-refractivity contribution in [3.63, 3.8) is 0 Å². The molecular formula is C22H22FN3O2. The number of hydrogen-bond donors (Lipinski definition) is 0. The maximum Gasteiger partial charge on any atom is 0.265 e. The van der Waals surface area contributed by atoms with Crippen molar-refractivity contribution in [1.29, 1.82) is 5.26 Å². The Hall–Kier alpha value is -3.07. The summed E-state index contributed by atoms with van der Waals surface area (Å²) in [5.74, 6) is 0.258. The predicted octanol–water partition coefficient (Wildman–Crippen LogP) is 3.48. The minimum atomic E-state index is -0.616. The van der Waals surface area contributed by atoms with Gasteiger partial charge in [0.25, 0.3) is 5.91 Å². The Kier molecular flexibility index (Phi) is 5.16. The molecule has 1 saturated heterocycles. The van der Waals surface area contributed by atoms with Crippen molar-refractivity contribution in [2.24, 2.45) is 0 Å². The van der Waals surface area contributed by atoms with Gasteiger partial charge in [0.05, 0.1) is 23.9 Å². The van der Waals surface area contributed by atoms with Crippen molar-refractivity contribution >= 4 is 11.6 Å². The van der Waals surface area contributed by atoms with Crippen LogP contribution in [0.25, 0.3) is 0 Å². The SMILES string of the molecule is N#Cc1ccc(F)c(CN2CC(C(=O)N3CCCCC3)Oc3ccccc32)c1. The first-order chi connectivity index (χ1) is 13.7. The van der Waals surface area contributed by atoms with E-state index in [0.29, 0.717) is 23.4 Å². The third kappa shape index (κ3) is 3.65. The van der Waals surface area contributed by atoms with Crippen LogP contribution in [0.4, 0.5) is 10.1 Å². The third-order valence-electron chi connectivity index (χ3n) is 5.34. The van der Waals surface area contributed by atoms with Gasteiger partial charge >= 0.3 is 0 Å². The van der Waals surface area contributed by atoms with Crippen molar-refractivity contribution in [3.8, 4) is 11.8 Å². The molecule has 2 aliphatic rings. The Labute approximate surface area is 163 Å². The maximum atomic E-state index is 14.3. The topological polar surface area (TPSA) is 56.6 Å². The summed E-state index contributed by atoms with van der Waals surface area (Å²) in [7, 11) is 0. The smallest absolute Gasteiger partial charge is 0.265 e. The molecular weight excluding hydrogens is 357 g/mol. The van der Waals surface area contributed by atoms with Gasteiger partial charge in [-0.2, -0.15) is 5.26 Å². The van der Waals surface area contributed by atoms with E-state index in [1.54, 1.807) is 6.07 Å². The molecule has 0 N–H and O–H groups in total. The second kappa shape index (κ2) is 7.89. The second-order valence-electron chi connectivity index (χ2n) is 7.26. The van der Waals surface area contributed by atoms with Crippen LogP contribution in [0.1, 0.15) is 30.4 Å². The van der Waals surface area contributed by atoms with E-state index in [0.717, 1.165) is 38.0 Å². The van der Waals surface area contributed by atoms with Gasteiger partial charge in [-0.3, -0.25) is 4.79 Å². The van der Waals surface area contributed by atoms with Crippen LogP contribution in [0.3, 0.4) is 0 Å². The zero-order chi connectivity index (χ0) is 19.5. The van der Waals surface area contributed by atoms with E-state index >= 15 is 0 Å². The third-order valence-corrected chi connectivity index (χ3v) is 5.34. The van der Waals surface area contributed by atoms with E-state index in [1.165, 1.54) is 12.1 Å². The number of carbonyl (C=O) groups is 1. The van der Waals surface area contributed by atoms with Gasteiger partial charge in [-0.1, -0.05) is 12.1 Å². The minimum Gasteiger partial charge on any atom is -0.477 e. The van der Waals surface area contributed by atoms with Gasteiger partial charge in [0, 0.05) is 25.2 Å². The molecule has 1 fully saturated rings. The number of para-hydroxylation sites is 2. The van der Waals surface area contributed by atoms with Crippen LogP contribution < -0.4 is 9.64 Å². The quantitative estimate of drug-likeness (QED) is 0.819. The molecule has 2 aliphatic heterocycles. The standard InChI is InChI=1S/C22H22FN3O2/c23-18-9-8-16(13-24)12-17(18)14-26-15-21(22(27)25-10-4-1-5-11-25)28-20-7-3-2-6-19(20)26/h2-3,6-9,12,21H,1,4-5,10-11,14-15H2. The number of piperidine rings is 1. The Bertz CT molecular complexity index is 918. The van der Waals surface area contributed by atoms with Gasteiger partial charge in [0.2, 0.25) is 0 Å². The molecule has 5 nitrogen and oxygen atoms in total. The number of fused-ring (bicyclic) bond motifs is 1. The molecule has 0 saturated carbocycles. The summed E-state index contributed by atoms with van der Waals surface area (Å²) in [4.78, 5) is 16.8. The van der Waals surface area contributed by atoms with Gasteiger partial charge in [0.15, 0.2) is 6.10 Å². The number of amides is 1. The number of ether oxygens (including phenoxy) is 1. The fourth-order valence-electron chi connectivity index (χ4n) is 3.87. The highest BCUT2D eigenvalue weighted by atomic mass is 19.1.